The Morgan fingerprint density at radius 3 is 2.46 bits per heavy atom. The lowest BCUT2D eigenvalue weighted by molar-refractivity contribution is 0.233. The molecule has 7 heteroatoms. The minimum absolute atomic E-state index is 0.637. The van der Waals surface area contributed by atoms with E-state index < -0.39 is 11.3 Å². The van der Waals surface area contributed by atoms with Crippen LogP contribution in [0.25, 0.3) is 11.0 Å². The van der Waals surface area contributed by atoms with E-state index in [9.17, 15) is 4.21 Å². The van der Waals surface area contributed by atoms with Crippen molar-refractivity contribution >= 4 is 33.6 Å². The molecule has 0 amide bonds. The number of para-hydroxylation sites is 1. The molecule has 1 fully saturated rings. The molecular formula is C19H21N3O3S. The molecule has 0 aliphatic carbocycles. The van der Waals surface area contributed by atoms with Gasteiger partial charge in [-0.3, -0.25) is 14.2 Å². The van der Waals surface area contributed by atoms with Crippen molar-refractivity contribution in [2.45, 2.75) is 6.54 Å². The lowest BCUT2D eigenvalue weighted by Gasteiger charge is -2.35. The second-order valence-corrected chi connectivity index (χ2v) is 7.11. The zero-order valence-corrected chi connectivity index (χ0v) is 15.1. The lowest BCUT2D eigenvalue weighted by atomic mass is 10.2. The van der Waals surface area contributed by atoms with E-state index in [2.05, 4.69) is 26.7 Å². The molecule has 1 unspecified atom stereocenters. The molecule has 1 aliphatic rings. The van der Waals surface area contributed by atoms with Crippen LogP contribution in [-0.2, 0) is 17.8 Å². The van der Waals surface area contributed by atoms with E-state index in [1.807, 2.05) is 42.5 Å². The Morgan fingerprint density at radius 1 is 1.04 bits per heavy atom. The van der Waals surface area contributed by atoms with Crippen LogP contribution in [-0.4, -0.2) is 39.8 Å². The average molecular weight is 371 g/mol. The van der Waals surface area contributed by atoms with Crippen LogP contribution < -0.4 is 9.62 Å². The minimum Gasteiger partial charge on any atom is -0.460 e. The van der Waals surface area contributed by atoms with Crippen LogP contribution in [0.5, 0.6) is 0 Å². The lowest BCUT2D eigenvalue weighted by Crippen LogP contribution is -2.45. The molecule has 2 heterocycles. The topological polar surface area (TPSA) is 69.0 Å². The Balaban J connectivity index is 1.34. The van der Waals surface area contributed by atoms with E-state index in [0.29, 0.717) is 5.69 Å². The molecule has 3 aromatic rings. The van der Waals surface area contributed by atoms with Gasteiger partial charge in [0.05, 0.1) is 6.54 Å². The molecular weight excluding hydrogens is 350 g/mol. The summed E-state index contributed by atoms with van der Waals surface area (Å²) in [7, 11) is 0. The average Bonchev–Trinajstić information content (AvgIpc) is 3.05. The molecule has 0 spiro atoms. The summed E-state index contributed by atoms with van der Waals surface area (Å²) in [6.07, 6.45) is 0. The molecule has 6 nitrogen and oxygen atoms in total. The summed E-state index contributed by atoms with van der Waals surface area (Å²) >= 11 is -2.04. The molecule has 0 bridgehead atoms. The standard InChI is InChI=1S/C19H21N3O3S/c23-26(24)20-16-5-7-17(8-6-16)22-11-9-21(10-12-22)14-18-13-15-3-1-2-4-19(15)25-18/h1-8,13,20H,9-12,14H2,(H,23,24). The second-order valence-electron chi connectivity index (χ2n) is 6.41. The van der Waals surface area contributed by atoms with Crippen LogP contribution in [0.4, 0.5) is 11.4 Å². The molecule has 0 radical (unpaired) electrons. The number of hydrogen-bond acceptors (Lipinski definition) is 4. The van der Waals surface area contributed by atoms with Crippen molar-refractivity contribution in [1.82, 2.24) is 4.90 Å². The monoisotopic (exact) mass is 371 g/mol. The fraction of sp³-hybridized carbons (Fsp3) is 0.263. The van der Waals surface area contributed by atoms with Crippen molar-refractivity contribution < 1.29 is 13.2 Å². The van der Waals surface area contributed by atoms with Crippen molar-refractivity contribution in [2.75, 3.05) is 35.8 Å². The van der Waals surface area contributed by atoms with E-state index in [1.54, 1.807) is 0 Å². The SMILES string of the molecule is O=S(O)Nc1ccc(N2CCN(Cc3cc4ccccc4o3)CC2)cc1. The first-order valence-electron chi connectivity index (χ1n) is 8.60. The van der Waals surface area contributed by atoms with Crippen molar-refractivity contribution in [3.8, 4) is 0 Å². The summed E-state index contributed by atoms with van der Waals surface area (Å²) < 4.78 is 28.0. The third-order valence-corrected chi connectivity index (χ3v) is 5.08. The van der Waals surface area contributed by atoms with Crippen LogP contribution in [0.1, 0.15) is 5.76 Å². The summed E-state index contributed by atoms with van der Waals surface area (Å²) in [5, 5.41) is 1.15. The molecule has 1 saturated heterocycles. The predicted octanol–water partition coefficient (Wildman–Crippen LogP) is 3.30. The predicted molar refractivity (Wildman–Crippen MR) is 105 cm³/mol. The van der Waals surface area contributed by atoms with Gasteiger partial charge in [-0.1, -0.05) is 18.2 Å². The number of anilines is 2. The normalized spacial score (nSPS) is 16.7. The van der Waals surface area contributed by atoms with Gasteiger partial charge in [0, 0.05) is 42.9 Å². The molecule has 136 valence electrons. The number of hydrogen-bond donors (Lipinski definition) is 2. The van der Waals surface area contributed by atoms with Gasteiger partial charge in [0.2, 0.25) is 0 Å². The first-order valence-corrected chi connectivity index (χ1v) is 9.70. The van der Waals surface area contributed by atoms with Crippen LogP contribution in [0.3, 0.4) is 0 Å². The second kappa shape index (κ2) is 7.49. The van der Waals surface area contributed by atoms with E-state index >= 15 is 0 Å². The fourth-order valence-electron chi connectivity index (χ4n) is 3.34. The Kier molecular flexibility index (Phi) is 4.92. The van der Waals surface area contributed by atoms with Crippen molar-refractivity contribution in [3.63, 3.8) is 0 Å². The van der Waals surface area contributed by atoms with E-state index in [4.69, 9.17) is 8.97 Å². The minimum atomic E-state index is -2.04. The quantitative estimate of drug-likeness (QED) is 0.674. The smallest absolute Gasteiger partial charge is 0.259 e. The summed E-state index contributed by atoms with van der Waals surface area (Å²) in [4.78, 5) is 4.73. The van der Waals surface area contributed by atoms with E-state index in [0.717, 1.165) is 55.1 Å². The van der Waals surface area contributed by atoms with Crippen LogP contribution in [0.15, 0.2) is 59.0 Å². The Hall–Kier alpha value is -2.35. The summed E-state index contributed by atoms with van der Waals surface area (Å²) in [6.45, 7) is 4.65. The first kappa shape index (κ1) is 17.1. The van der Waals surface area contributed by atoms with E-state index in [-0.39, 0.29) is 0 Å². The highest BCUT2D eigenvalue weighted by Crippen LogP contribution is 2.22. The molecule has 1 atom stereocenters. The number of nitrogens with zero attached hydrogens (tertiary/aromatic N) is 2. The Bertz CT molecular complexity index is 869. The van der Waals surface area contributed by atoms with Gasteiger partial charge < -0.3 is 9.32 Å². The van der Waals surface area contributed by atoms with Gasteiger partial charge in [0.1, 0.15) is 11.3 Å². The third kappa shape index (κ3) is 3.90. The van der Waals surface area contributed by atoms with Crippen molar-refractivity contribution in [2.24, 2.45) is 0 Å². The first-order chi connectivity index (χ1) is 12.7. The summed E-state index contributed by atoms with van der Waals surface area (Å²) in [5.74, 6) is 1.01. The highest BCUT2D eigenvalue weighted by molar-refractivity contribution is 7.80. The van der Waals surface area contributed by atoms with Gasteiger partial charge in [0.15, 0.2) is 0 Å². The molecule has 1 aromatic heterocycles. The molecule has 26 heavy (non-hydrogen) atoms. The van der Waals surface area contributed by atoms with Gasteiger partial charge in [-0.2, -0.15) is 0 Å². The number of rotatable bonds is 5. The zero-order chi connectivity index (χ0) is 17.9. The molecule has 2 aromatic carbocycles. The van der Waals surface area contributed by atoms with E-state index in [1.165, 1.54) is 0 Å². The number of furan rings is 1. The molecule has 0 saturated carbocycles. The largest absolute Gasteiger partial charge is 0.460 e. The maximum Gasteiger partial charge on any atom is 0.259 e. The summed E-state index contributed by atoms with van der Waals surface area (Å²) in [6, 6.07) is 17.8. The van der Waals surface area contributed by atoms with Crippen molar-refractivity contribution in [3.05, 3.63) is 60.4 Å². The number of piperazine rings is 1. The van der Waals surface area contributed by atoms with Crippen LogP contribution in [0, 0.1) is 0 Å². The van der Waals surface area contributed by atoms with Gasteiger partial charge in [-0.25, -0.2) is 4.21 Å². The number of nitrogens with one attached hydrogen (secondary N) is 1. The Morgan fingerprint density at radius 2 is 1.77 bits per heavy atom. The van der Waals surface area contributed by atoms with Gasteiger partial charge in [0.25, 0.3) is 11.3 Å². The molecule has 2 N–H and O–H groups in total. The van der Waals surface area contributed by atoms with Gasteiger partial charge in [-0.15, -0.1) is 0 Å². The molecule has 1 aliphatic heterocycles. The van der Waals surface area contributed by atoms with Crippen molar-refractivity contribution in [1.29, 1.82) is 0 Å². The summed E-state index contributed by atoms with van der Waals surface area (Å²) in [5.41, 5.74) is 2.71. The van der Waals surface area contributed by atoms with Gasteiger partial charge >= 0.3 is 0 Å². The maximum atomic E-state index is 10.8. The van der Waals surface area contributed by atoms with Gasteiger partial charge in [-0.05, 0) is 36.4 Å². The van der Waals surface area contributed by atoms with Crippen LogP contribution >= 0.6 is 0 Å². The highest BCUT2D eigenvalue weighted by Gasteiger charge is 2.18. The third-order valence-electron chi connectivity index (χ3n) is 4.67. The molecule has 4 rings (SSSR count). The number of benzene rings is 2. The zero-order valence-electron chi connectivity index (χ0n) is 14.3. The fourth-order valence-corrected chi connectivity index (χ4v) is 3.68. The maximum absolute atomic E-state index is 10.8. The van der Waals surface area contributed by atoms with Crippen LogP contribution in [0.2, 0.25) is 0 Å². The highest BCUT2D eigenvalue weighted by atomic mass is 32.2. The Labute approximate surface area is 154 Å². The number of fused-ring (bicyclic) bond motifs is 1.